The van der Waals surface area contributed by atoms with E-state index >= 15 is 0 Å². The lowest BCUT2D eigenvalue weighted by Gasteiger charge is -2.09. The summed E-state index contributed by atoms with van der Waals surface area (Å²) in [7, 11) is -4.43. The van der Waals surface area contributed by atoms with Gasteiger partial charge in [0.2, 0.25) is 10.0 Å². The molecule has 0 fully saturated rings. The normalized spacial score (nSPS) is 13.4. The molecule has 5 nitrogen and oxygen atoms in total. The molecule has 1 aromatic rings. The number of sulfonamides is 1. The van der Waals surface area contributed by atoms with E-state index in [-0.39, 0.29) is 18.0 Å². The lowest BCUT2D eigenvalue weighted by atomic mass is 10.2. The molecule has 1 aromatic carbocycles. The number of hydrogen-bond donors (Lipinski definition) is 2. The number of benzene rings is 1. The SMILES string of the molecule is CS(=O)CCCNS(=O)(=O)c1ccccc1CN. The van der Waals surface area contributed by atoms with Gasteiger partial charge >= 0.3 is 0 Å². The van der Waals surface area contributed by atoms with Crippen molar-refractivity contribution in [3.05, 3.63) is 29.8 Å². The summed E-state index contributed by atoms with van der Waals surface area (Å²) in [4.78, 5) is 0.213. The minimum absolute atomic E-state index is 0.177. The Morgan fingerprint density at radius 3 is 2.61 bits per heavy atom. The maximum Gasteiger partial charge on any atom is 0.240 e. The molecule has 0 amide bonds. The summed E-state index contributed by atoms with van der Waals surface area (Å²) in [6, 6.07) is 6.63. The Hall–Kier alpha value is -0.760. The molecule has 0 aliphatic heterocycles. The van der Waals surface area contributed by atoms with Gasteiger partial charge < -0.3 is 5.73 Å². The smallest absolute Gasteiger partial charge is 0.240 e. The Bertz CT molecular complexity index is 515. The largest absolute Gasteiger partial charge is 0.326 e. The standard InChI is InChI=1S/C11H18N2O3S2/c1-17(14)8-4-7-13-18(15,16)11-6-3-2-5-10(11)9-12/h2-3,5-6,13H,4,7-9,12H2,1H3. The van der Waals surface area contributed by atoms with Gasteiger partial charge in [0.1, 0.15) is 0 Å². The third-order valence-corrected chi connectivity index (χ3v) is 4.81. The van der Waals surface area contributed by atoms with Crippen LogP contribution in [-0.4, -0.2) is 31.2 Å². The molecule has 102 valence electrons. The van der Waals surface area contributed by atoms with E-state index in [1.807, 2.05) is 0 Å². The number of hydrogen-bond acceptors (Lipinski definition) is 4. The molecule has 18 heavy (non-hydrogen) atoms. The molecule has 1 rings (SSSR count). The van der Waals surface area contributed by atoms with Crippen LogP contribution < -0.4 is 10.5 Å². The Morgan fingerprint density at radius 2 is 2.00 bits per heavy atom. The van der Waals surface area contributed by atoms with E-state index in [1.54, 1.807) is 24.5 Å². The van der Waals surface area contributed by atoms with Gasteiger partial charge in [-0.1, -0.05) is 18.2 Å². The topological polar surface area (TPSA) is 89.3 Å². The van der Waals surface area contributed by atoms with E-state index < -0.39 is 20.8 Å². The summed E-state index contributed by atoms with van der Waals surface area (Å²) >= 11 is 0. The van der Waals surface area contributed by atoms with Gasteiger partial charge in [0.25, 0.3) is 0 Å². The summed E-state index contributed by atoms with van der Waals surface area (Å²) in [6.45, 7) is 0.455. The quantitative estimate of drug-likeness (QED) is 0.702. The molecule has 0 spiro atoms. The minimum Gasteiger partial charge on any atom is -0.326 e. The van der Waals surface area contributed by atoms with Crippen LogP contribution in [0, 0.1) is 0 Å². The van der Waals surface area contributed by atoms with Crippen molar-refractivity contribution in [2.75, 3.05) is 18.6 Å². The Kier molecular flexibility index (Phi) is 5.94. The highest BCUT2D eigenvalue weighted by atomic mass is 32.2. The van der Waals surface area contributed by atoms with Crippen molar-refractivity contribution in [1.29, 1.82) is 0 Å². The second-order valence-electron chi connectivity index (χ2n) is 3.84. The third-order valence-electron chi connectivity index (χ3n) is 2.38. The fourth-order valence-electron chi connectivity index (χ4n) is 1.49. The first-order valence-electron chi connectivity index (χ1n) is 5.55. The first-order valence-corrected chi connectivity index (χ1v) is 8.76. The Labute approximate surface area is 110 Å². The fraction of sp³-hybridized carbons (Fsp3) is 0.455. The second-order valence-corrected chi connectivity index (χ2v) is 7.13. The molecule has 0 bridgehead atoms. The molecular weight excluding hydrogens is 272 g/mol. The van der Waals surface area contributed by atoms with Gasteiger partial charge in [-0.2, -0.15) is 0 Å². The number of nitrogens with one attached hydrogen (secondary N) is 1. The maximum atomic E-state index is 12.0. The van der Waals surface area contributed by atoms with Crippen LogP contribution in [0.4, 0.5) is 0 Å². The Balaban J connectivity index is 2.71. The average Bonchev–Trinajstić information content (AvgIpc) is 2.34. The van der Waals surface area contributed by atoms with Gasteiger partial charge in [0.05, 0.1) is 4.90 Å². The second kappa shape index (κ2) is 6.98. The van der Waals surface area contributed by atoms with Crippen molar-refractivity contribution < 1.29 is 12.6 Å². The zero-order valence-electron chi connectivity index (χ0n) is 10.3. The molecule has 0 aromatic heterocycles. The first kappa shape index (κ1) is 15.3. The molecule has 0 saturated heterocycles. The van der Waals surface area contributed by atoms with Gasteiger partial charge in [0.15, 0.2) is 0 Å². The molecule has 3 N–H and O–H groups in total. The van der Waals surface area contributed by atoms with Crippen molar-refractivity contribution >= 4 is 20.8 Å². The van der Waals surface area contributed by atoms with Crippen molar-refractivity contribution in [2.45, 2.75) is 17.9 Å². The van der Waals surface area contributed by atoms with Gasteiger partial charge in [0, 0.05) is 35.9 Å². The Morgan fingerprint density at radius 1 is 1.33 bits per heavy atom. The molecule has 0 aliphatic carbocycles. The summed E-state index contributed by atoms with van der Waals surface area (Å²) in [5, 5.41) is 0. The van der Waals surface area contributed by atoms with E-state index in [0.29, 0.717) is 17.7 Å². The highest BCUT2D eigenvalue weighted by molar-refractivity contribution is 7.89. The minimum atomic E-state index is -3.53. The predicted octanol–water partition coefficient (Wildman–Crippen LogP) is 0.192. The molecule has 1 atom stereocenters. The van der Waals surface area contributed by atoms with Crippen LogP contribution in [0.3, 0.4) is 0 Å². The van der Waals surface area contributed by atoms with E-state index in [4.69, 9.17) is 5.73 Å². The fourth-order valence-corrected chi connectivity index (χ4v) is 3.37. The predicted molar refractivity (Wildman–Crippen MR) is 73.1 cm³/mol. The van der Waals surface area contributed by atoms with Crippen LogP contribution >= 0.6 is 0 Å². The van der Waals surface area contributed by atoms with Gasteiger partial charge in [-0.15, -0.1) is 0 Å². The summed E-state index contributed by atoms with van der Waals surface area (Å²) in [6.07, 6.45) is 2.14. The summed E-state index contributed by atoms with van der Waals surface area (Å²) in [5.41, 5.74) is 6.10. The summed E-state index contributed by atoms with van der Waals surface area (Å²) < 4.78 is 37.4. The average molecular weight is 290 g/mol. The monoisotopic (exact) mass is 290 g/mol. The first-order chi connectivity index (χ1) is 8.47. The van der Waals surface area contributed by atoms with Gasteiger partial charge in [-0.3, -0.25) is 4.21 Å². The molecule has 0 heterocycles. The zero-order valence-corrected chi connectivity index (χ0v) is 11.9. The lowest BCUT2D eigenvalue weighted by Crippen LogP contribution is -2.27. The molecule has 7 heteroatoms. The van der Waals surface area contributed by atoms with E-state index in [1.165, 1.54) is 6.07 Å². The molecule has 0 saturated carbocycles. The van der Waals surface area contributed by atoms with Crippen molar-refractivity contribution in [2.24, 2.45) is 5.73 Å². The van der Waals surface area contributed by atoms with Gasteiger partial charge in [-0.05, 0) is 18.1 Å². The van der Waals surface area contributed by atoms with Crippen molar-refractivity contribution in [1.82, 2.24) is 4.72 Å². The molecule has 0 aliphatic rings. The third kappa shape index (κ3) is 4.49. The van der Waals surface area contributed by atoms with Crippen molar-refractivity contribution in [3.63, 3.8) is 0 Å². The van der Waals surface area contributed by atoms with Crippen LogP contribution in [0.2, 0.25) is 0 Å². The number of nitrogens with two attached hydrogens (primary N) is 1. The van der Waals surface area contributed by atoms with Gasteiger partial charge in [-0.25, -0.2) is 13.1 Å². The molecular formula is C11H18N2O3S2. The van der Waals surface area contributed by atoms with Crippen molar-refractivity contribution in [3.8, 4) is 0 Å². The highest BCUT2D eigenvalue weighted by Gasteiger charge is 2.16. The van der Waals surface area contributed by atoms with E-state index in [2.05, 4.69) is 4.72 Å². The summed E-state index contributed by atoms with van der Waals surface area (Å²) in [5.74, 6) is 0.487. The zero-order chi connectivity index (χ0) is 13.6. The van der Waals surface area contributed by atoms with Crippen LogP contribution in [0.5, 0.6) is 0 Å². The molecule has 1 unspecified atom stereocenters. The van der Waals surface area contributed by atoms with E-state index in [9.17, 15) is 12.6 Å². The number of rotatable bonds is 7. The van der Waals surface area contributed by atoms with Crippen LogP contribution in [0.15, 0.2) is 29.2 Å². The van der Waals surface area contributed by atoms with E-state index in [0.717, 1.165) is 0 Å². The highest BCUT2D eigenvalue weighted by Crippen LogP contribution is 2.14. The van der Waals surface area contributed by atoms with Crippen LogP contribution in [0.25, 0.3) is 0 Å². The maximum absolute atomic E-state index is 12.0. The van der Waals surface area contributed by atoms with Crippen LogP contribution in [0.1, 0.15) is 12.0 Å². The van der Waals surface area contributed by atoms with Crippen LogP contribution in [-0.2, 0) is 27.4 Å². The molecule has 0 radical (unpaired) electrons. The lowest BCUT2D eigenvalue weighted by molar-refractivity contribution is 0.579.